The zero-order valence-electron chi connectivity index (χ0n) is 13.1. The van der Waals surface area contributed by atoms with E-state index < -0.39 is 22.3 Å². The Balaban J connectivity index is 1.94. The van der Waals surface area contributed by atoms with Gasteiger partial charge in [-0.15, -0.1) is 0 Å². The summed E-state index contributed by atoms with van der Waals surface area (Å²) >= 11 is 0. The first kappa shape index (κ1) is 16.9. The number of hydrogen-bond donors (Lipinski definition) is 2. The fourth-order valence-corrected chi connectivity index (χ4v) is 4.88. The van der Waals surface area contributed by atoms with Gasteiger partial charge in [0.25, 0.3) is 0 Å². The molecule has 2 fully saturated rings. The SMILES string of the molecule is CC(C)NC1(C(=O)O)CCCC1CCN1CCS(=O)CC1. The van der Waals surface area contributed by atoms with Crippen LogP contribution in [-0.2, 0) is 15.6 Å². The van der Waals surface area contributed by atoms with Crippen LogP contribution in [0, 0.1) is 5.92 Å². The van der Waals surface area contributed by atoms with Crippen molar-refractivity contribution in [1.29, 1.82) is 0 Å². The molecule has 21 heavy (non-hydrogen) atoms. The molecule has 2 unspecified atom stereocenters. The topological polar surface area (TPSA) is 69.6 Å². The van der Waals surface area contributed by atoms with E-state index in [1.807, 2.05) is 13.8 Å². The van der Waals surface area contributed by atoms with Gasteiger partial charge in [-0.2, -0.15) is 0 Å². The molecule has 0 aromatic rings. The van der Waals surface area contributed by atoms with E-state index in [4.69, 9.17) is 0 Å². The van der Waals surface area contributed by atoms with Gasteiger partial charge in [-0.3, -0.25) is 14.3 Å². The van der Waals surface area contributed by atoms with Crippen LogP contribution in [0.25, 0.3) is 0 Å². The molecule has 0 radical (unpaired) electrons. The fourth-order valence-electron chi connectivity index (χ4n) is 3.75. The number of aliphatic carboxylic acids is 1. The Morgan fingerprint density at radius 2 is 2.10 bits per heavy atom. The summed E-state index contributed by atoms with van der Waals surface area (Å²) in [5.74, 6) is 1.03. The minimum atomic E-state index is -0.743. The van der Waals surface area contributed by atoms with E-state index in [0.717, 1.165) is 56.8 Å². The van der Waals surface area contributed by atoms with Gasteiger partial charge in [0.2, 0.25) is 0 Å². The second-order valence-corrected chi connectivity index (χ2v) is 8.34. The van der Waals surface area contributed by atoms with Crippen LogP contribution in [0.1, 0.15) is 39.5 Å². The maximum atomic E-state index is 11.8. The lowest BCUT2D eigenvalue weighted by Gasteiger charge is -2.36. The van der Waals surface area contributed by atoms with Gasteiger partial charge in [-0.25, -0.2) is 0 Å². The van der Waals surface area contributed by atoms with Crippen LogP contribution >= 0.6 is 0 Å². The highest BCUT2D eigenvalue weighted by Gasteiger charge is 2.49. The Kier molecular flexibility index (Phi) is 5.80. The van der Waals surface area contributed by atoms with Gasteiger partial charge in [0.15, 0.2) is 0 Å². The molecule has 1 aliphatic carbocycles. The number of carbonyl (C=O) groups is 1. The summed E-state index contributed by atoms with van der Waals surface area (Å²) < 4.78 is 11.4. The van der Waals surface area contributed by atoms with Crippen LogP contribution in [0.15, 0.2) is 0 Å². The lowest BCUT2D eigenvalue weighted by molar-refractivity contribution is -0.147. The summed E-state index contributed by atoms with van der Waals surface area (Å²) in [4.78, 5) is 14.2. The first-order chi connectivity index (χ1) is 9.94. The molecule has 1 saturated heterocycles. The molecule has 122 valence electrons. The van der Waals surface area contributed by atoms with E-state index in [0.29, 0.717) is 0 Å². The van der Waals surface area contributed by atoms with Gasteiger partial charge in [0.05, 0.1) is 0 Å². The minimum Gasteiger partial charge on any atom is -0.480 e. The normalized spacial score (nSPS) is 31.9. The van der Waals surface area contributed by atoms with E-state index in [-0.39, 0.29) is 12.0 Å². The van der Waals surface area contributed by atoms with Crippen molar-refractivity contribution < 1.29 is 14.1 Å². The summed E-state index contributed by atoms with van der Waals surface area (Å²) in [5, 5.41) is 13.1. The highest BCUT2D eigenvalue weighted by Crippen LogP contribution is 2.38. The van der Waals surface area contributed by atoms with Crippen LogP contribution in [0.4, 0.5) is 0 Å². The lowest BCUT2D eigenvalue weighted by Crippen LogP contribution is -2.57. The van der Waals surface area contributed by atoms with E-state index in [9.17, 15) is 14.1 Å². The third-order valence-electron chi connectivity index (χ3n) is 4.81. The molecule has 5 nitrogen and oxygen atoms in total. The van der Waals surface area contributed by atoms with Crippen molar-refractivity contribution in [3.05, 3.63) is 0 Å². The predicted octanol–water partition coefficient (Wildman–Crippen LogP) is 1.06. The van der Waals surface area contributed by atoms with Crippen molar-refractivity contribution in [3.8, 4) is 0 Å². The van der Waals surface area contributed by atoms with E-state index >= 15 is 0 Å². The average Bonchev–Trinajstić information content (AvgIpc) is 2.81. The number of rotatable bonds is 6. The van der Waals surface area contributed by atoms with E-state index in [1.165, 1.54) is 0 Å². The van der Waals surface area contributed by atoms with Crippen LogP contribution in [-0.4, -0.2) is 62.9 Å². The number of nitrogens with zero attached hydrogens (tertiary/aromatic N) is 1. The van der Waals surface area contributed by atoms with Crippen LogP contribution < -0.4 is 5.32 Å². The monoisotopic (exact) mass is 316 g/mol. The quantitative estimate of drug-likeness (QED) is 0.767. The van der Waals surface area contributed by atoms with Gasteiger partial charge in [-0.1, -0.05) is 6.42 Å². The summed E-state index contributed by atoms with van der Waals surface area (Å²) in [6, 6.07) is 0.180. The molecule has 2 aliphatic rings. The van der Waals surface area contributed by atoms with Crippen LogP contribution in [0.3, 0.4) is 0 Å². The van der Waals surface area contributed by atoms with Crippen molar-refractivity contribution in [1.82, 2.24) is 10.2 Å². The molecule has 0 bridgehead atoms. The van der Waals surface area contributed by atoms with E-state index in [1.54, 1.807) is 0 Å². The molecule has 0 aromatic heterocycles. The molecule has 2 rings (SSSR count). The highest BCUT2D eigenvalue weighted by molar-refractivity contribution is 7.85. The van der Waals surface area contributed by atoms with Gasteiger partial charge in [-0.05, 0) is 45.6 Å². The zero-order chi connectivity index (χ0) is 15.5. The summed E-state index contributed by atoms with van der Waals surface area (Å²) in [5.41, 5.74) is -0.743. The van der Waals surface area contributed by atoms with Gasteiger partial charge >= 0.3 is 5.97 Å². The third kappa shape index (κ3) is 4.05. The average molecular weight is 316 g/mol. The van der Waals surface area contributed by atoms with Gasteiger partial charge < -0.3 is 10.0 Å². The largest absolute Gasteiger partial charge is 0.480 e. The molecular formula is C15H28N2O3S. The second-order valence-electron chi connectivity index (χ2n) is 6.64. The zero-order valence-corrected chi connectivity index (χ0v) is 14.0. The van der Waals surface area contributed by atoms with E-state index in [2.05, 4.69) is 10.2 Å². The molecule has 0 spiro atoms. The molecular weight excluding hydrogens is 288 g/mol. The van der Waals surface area contributed by atoms with Crippen molar-refractivity contribution >= 4 is 16.8 Å². The smallest absolute Gasteiger partial charge is 0.324 e. The first-order valence-corrected chi connectivity index (χ1v) is 9.51. The van der Waals surface area contributed by atoms with Crippen molar-refractivity contribution in [3.63, 3.8) is 0 Å². The third-order valence-corrected chi connectivity index (χ3v) is 6.09. The molecule has 0 amide bonds. The Hall–Kier alpha value is -0.460. The Bertz CT molecular complexity index is 392. The molecule has 1 aliphatic heterocycles. The molecule has 2 N–H and O–H groups in total. The summed E-state index contributed by atoms with van der Waals surface area (Å²) in [7, 11) is -0.645. The second kappa shape index (κ2) is 7.20. The maximum absolute atomic E-state index is 11.8. The molecule has 2 atom stereocenters. The van der Waals surface area contributed by atoms with Crippen molar-refractivity contribution in [2.45, 2.75) is 51.1 Å². The number of carboxylic acid groups (broad SMARTS) is 1. The maximum Gasteiger partial charge on any atom is 0.324 e. The summed E-state index contributed by atoms with van der Waals surface area (Å²) in [6.45, 7) is 6.73. The van der Waals surface area contributed by atoms with Crippen molar-refractivity contribution in [2.75, 3.05) is 31.1 Å². The standard InChI is InChI=1S/C15H28N2O3S/c1-12(2)16-15(14(18)19)6-3-4-13(15)5-7-17-8-10-21(20)11-9-17/h12-13,16H,3-11H2,1-2H3,(H,18,19). The van der Waals surface area contributed by atoms with Gasteiger partial charge in [0, 0.05) is 41.4 Å². The van der Waals surface area contributed by atoms with Crippen molar-refractivity contribution in [2.24, 2.45) is 5.92 Å². The minimum absolute atomic E-state index is 0.180. The first-order valence-electron chi connectivity index (χ1n) is 8.02. The van der Waals surface area contributed by atoms with Crippen LogP contribution in [0.5, 0.6) is 0 Å². The Labute approximate surface area is 129 Å². The Morgan fingerprint density at radius 3 is 2.67 bits per heavy atom. The lowest BCUT2D eigenvalue weighted by atomic mass is 9.83. The number of hydrogen-bond acceptors (Lipinski definition) is 4. The number of nitrogens with one attached hydrogen (secondary N) is 1. The predicted molar refractivity (Wildman–Crippen MR) is 84.9 cm³/mol. The highest BCUT2D eigenvalue weighted by atomic mass is 32.2. The Morgan fingerprint density at radius 1 is 1.43 bits per heavy atom. The van der Waals surface area contributed by atoms with Gasteiger partial charge in [0.1, 0.15) is 5.54 Å². The molecule has 0 aromatic carbocycles. The van der Waals surface area contributed by atoms with Crippen LogP contribution in [0.2, 0.25) is 0 Å². The number of carboxylic acids is 1. The summed E-state index contributed by atoms with van der Waals surface area (Å²) in [6.07, 6.45) is 3.63. The molecule has 6 heteroatoms. The molecule has 1 saturated carbocycles. The fraction of sp³-hybridized carbons (Fsp3) is 0.933. The molecule has 1 heterocycles.